The fraction of sp³-hybridized carbons (Fsp3) is 0.889. The van der Waals surface area contributed by atoms with E-state index in [0.717, 1.165) is 32.0 Å². The average Bonchev–Trinajstić information content (AvgIpc) is 2.66. The molecule has 6 nitrogen and oxygen atoms in total. The van der Waals surface area contributed by atoms with E-state index in [9.17, 15) is 0 Å². The summed E-state index contributed by atoms with van der Waals surface area (Å²) >= 11 is 0. The molecule has 1 aliphatic rings. The summed E-state index contributed by atoms with van der Waals surface area (Å²) in [4.78, 5) is 0. The van der Waals surface area contributed by atoms with Crippen LogP contribution in [0.1, 0.15) is 19.8 Å². The van der Waals surface area contributed by atoms with Crippen LogP contribution in [0.3, 0.4) is 0 Å². The highest BCUT2D eigenvalue weighted by Crippen LogP contribution is 2.20. The van der Waals surface area contributed by atoms with E-state index in [-0.39, 0.29) is 0 Å². The largest absolute Gasteiger partial charge is 0.381 e. The predicted molar refractivity (Wildman–Crippen MR) is 55.4 cm³/mol. The van der Waals surface area contributed by atoms with E-state index in [4.69, 9.17) is 4.74 Å². The molecule has 15 heavy (non-hydrogen) atoms. The maximum atomic E-state index is 5.34. The first kappa shape index (κ1) is 10.4. The Morgan fingerprint density at radius 3 is 2.80 bits per heavy atom. The quantitative estimate of drug-likeness (QED) is 0.785. The Bertz CT molecular complexity index is 307. The van der Waals surface area contributed by atoms with Crippen molar-refractivity contribution < 1.29 is 4.74 Å². The Kier molecular flexibility index (Phi) is 3.15. The maximum absolute atomic E-state index is 5.34. The van der Waals surface area contributed by atoms with Crippen LogP contribution in [0.4, 0.5) is 5.95 Å². The van der Waals surface area contributed by atoms with Crippen molar-refractivity contribution in [1.29, 1.82) is 0 Å². The minimum atomic E-state index is 0.388. The Hall–Kier alpha value is -1.17. The number of aryl methyl sites for hydroxylation is 1. The molecule has 0 radical (unpaired) electrons. The maximum Gasteiger partial charge on any atom is 0.242 e. The molecule has 0 aromatic carbocycles. The smallest absolute Gasteiger partial charge is 0.242 e. The van der Waals surface area contributed by atoms with Gasteiger partial charge in [0.15, 0.2) is 0 Å². The second-order valence-corrected chi connectivity index (χ2v) is 4.01. The van der Waals surface area contributed by atoms with Crippen molar-refractivity contribution in [2.75, 3.05) is 18.5 Å². The van der Waals surface area contributed by atoms with Crippen LogP contribution < -0.4 is 5.32 Å². The highest BCUT2D eigenvalue weighted by Gasteiger charge is 2.21. The van der Waals surface area contributed by atoms with E-state index >= 15 is 0 Å². The standard InChI is InChI=1S/C9H17N5O/c1-7(8-3-5-15-6-4-8)10-9-11-12-13-14(9)2/h7-8H,3-6H2,1-2H3,(H,10,11,13). The van der Waals surface area contributed by atoms with Crippen LogP contribution in [-0.2, 0) is 11.8 Å². The number of anilines is 1. The number of ether oxygens (including phenoxy) is 1. The fourth-order valence-electron chi connectivity index (χ4n) is 1.89. The highest BCUT2D eigenvalue weighted by atomic mass is 16.5. The number of hydrogen-bond donors (Lipinski definition) is 1. The third-order valence-electron chi connectivity index (χ3n) is 2.95. The number of tetrazole rings is 1. The van der Waals surface area contributed by atoms with Crippen molar-refractivity contribution in [3.63, 3.8) is 0 Å². The van der Waals surface area contributed by atoms with Crippen LogP contribution in [0.5, 0.6) is 0 Å². The van der Waals surface area contributed by atoms with Crippen molar-refractivity contribution in [3.8, 4) is 0 Å². The number of hydrogen-bond acceptors (Lipinski definition) is 5. The van der Waals surface area contributed by atoms with Gasteiger partial charge in [-0.25, -0.2) is 4.68 Å². The van der Waals surface area contributed by atoms with Gasteiger partial charge in [0.2, 0.25) is 5.95 Å². The minimum Gasteiger partial charge on any atom is -0.381 e. The first-order valence-corrected chi connectivity index (χ1v) is 5.34. The summed E-state index contributed by atoms with van der Waals surface area (Å²) in [6.07, 6.45) is 2.22. The second-order valence-electron chi connectivity index (χ2n) is 4.01. The fourth-order valence-corrected chi connectivity index (χ4v) is 1.89. The number of rotatable bonds is 3. The molecule has 0 amide bonds. The summed E-state index contributed by atoms with van der Waals surface area (Å²) in [6, 6.07) is 0.388. The molecule has 1 aliphatic heterocycles. The lowest BCUT2D eigenvalue weighted by molar-refractivity contribution is 0.0621. The molecule has 0 aliphatic carbocycles. The predicted octanol–water partition coefficient (Wildman–Crippen LogP) is 0.437. The molecule has 1 aromatic heterocycles. The molecule has 84 valence electrons. The van der Waals surface area contributed by atoms with Crippen molar-refractivity contribution in [3.05, 3.63) is 0 Å². The molecule has 1 N–H and O–H groups in total. The van der Waals surface area contributed by atoms with E-state index < -0.39 is 0 Å². The van der Waals surface area contributed by atoms with Crippen molar-refractivity contribution in [1.82, 2.24) is 20.2 Å². The second kappa shape index (κ2) is 4.57. The molecule has 1 aromatic rings. The van der Waals surface area contributed by atoms with Gasteiger partial charge in [0.25, 0.3) is 0 Å². The summed E-state index contributed by atoms with van der Waals surface area (Å²) in [5.41, 5.74) is 0. The highest BCUT2D eigenvalue weighted by molar-refractivity contribution is 5.23. The van der Waals surface area contributed by atoms with Gasteiger partial charge in [-0.3, -0.25) is 0 Å². The Balaban J connectivity index is 1.91. The van der Waals surface area contributed by atoms with E-state index in [0.29, 0.717) is 12.0 Å². The van der Waals surface area contributed by atoms with E-state index in [1.54, 1.807) is 4.68 Å². The molecule has 1 saturated heterocycles. The molecule has 1 unspecified atom stereocenters. The molecule has 0 bridgehead atoms. The van der Waals surface area contributed by atoms with E-state index in [1.807, 2.05) is 7.05 Å². The SMILES string of the molecule is CC(Nc1nnnn1C)C1CCOCC1. The zero-order valence-corrected chi connectivity index (χ0v) is 9.18. The molecular formula is C9H17N5O. The number of nitrogens with zero attached hydrogens (tertiary/aromatic N) is 4. The molecule has 2 rings (SSSR count). The molecular weight excluding hydrogens is 194 g/mol. The number of aromatic nitrogens is 4. The minimum absolute atomic E-state index is 0.388. The van der Waals surface area contributed by atoms with Crippen LogP contribution in [0, 0.1) is 5.92 Å². The van der Waals surface area contributed by atoms with Gasteiger partial charge in [0.05, 0.1) is 0 Å². The number of nitrogens with one attached hydrogen (secondary N) is 1. The van der Waals surface area contributed by atoms with Gasteiger partial charge in [0.1, 0.15) is 0 Å². The first-order chi connectivity index (χ1) is 7.27. The molecule has 1 atom stereocenters. The van der Waals surface area contributed by atoms with Crippen LogP contribution in [0.25, 0.3) is 0 Å². The van der Waals surface area contributed by atoms with Crippen LogP contribution in [0.15, 0.2) is 0 Å². The zero-order chi connectivity index (χ0) is 10.7. The van der Waals surface area contributed by atoms with E-state index in [1.165, 1.54) is 0 Å². The molecule has 0 saturated carbocycles. The Morgan fingerprint density at radius 2 is 2.20 bits per heavy atom. The van der Waals surface area contributed by atoms with Gasteiger partial charge >= 0.3 is 0 Å². The van der Waals surface area contributed by atoms with Crippen LogP contribution >= 0.6 is 0 Å². The lowest BCUT2D eigenvalue weighted by atomic mass is 9.93. The van der Waals surface area contributed by atoms with Crippen LogP contribution in [-0.4, -0.2) is 39.5 Å². The first-order valence-electron chi connectivity index (χ1n) is 5.34. The van der Waals surface area contributed by atoms with Gasteiger partial charge in [0, 0.05) is 26.3 Å². The lowest BCUT2D eigenvalue weighted by Crippen LogP contribution is -2.31. The molecule has 1 fully saturated rings. The lowest BCUT2D eigenvalue weighted by Gasteiger charge is -2.28. The summed E-state index contributed by atoms with van der Waals surface area (Å²) in [6.45, 7) is 3.91. The Morgan fingerprint density at radius 1 is 1.47 bits per heavy atom. The molecule has 6 heteroatoms. The third-order valence-corrected chi connectivity index (χ3v) is 2.95. The topological polar surface area (TPSA) is 64.9 Å². The van der Waals surface area contributed by atoms with Crippen LogP contribution in [0.2, 0.25) is 0 Å². The molecule has 2 heterocycles. The van der Waals surface area contributed by atoms with Gasteiger partial charge in [-0.15, -0.1) is 0 Å². The Labute approximate surface area is 89.0 Å². The monoisotopic (exact) mass is 211 g/mol. The van der Waals surface area contributed by atoms with Gasteiger partial charge in [-0.05, 0) is 36.1 Å². The average molecular weight is 211 g/mol. The van der Waals surface area contributed by atoms with Crippen molar-refractivity contribution in [2.45, 2.75) is 25.8 Å². The van der Waals surface area contributed by atoms with E-state index in [2.05, 4.69) is 27.8 Å². The summed E-state index contributed by atoms with van der Waals surface area (Å²) < 4.78 is 6.98. The summed E-state index contributed by atoms with van der Waals surface area (Å²) in [5, 5.41) is 14.6. The van der Waals surface area contributed by atoms with Crippen molar-refractivity contribution in [2.24, 2.45) is 13.0 Å². The molecule has 0 spiro atoms. The summed E-state index contributed by atoms with van der Waals surface area (Å²) in [5.74, 6) is 1.38. The van der Waals surface area contributed by atoms with Gasteiger partial charge in [-0.2, -0.15) is 0 Å². The summed E-state index contributed by atoms with van der Waals surface area (Å²) in [7, 11) is 1.83. The van der Waals surface area contributed by atoms with Gasteiger partial charge in [-0.1, -0.05) is 5.10 Å². The van der Waals surface area contributed by atoms with Crippen molar-refractivity contribution >= 4 is 5.95 Å². The van der Waals surface area contributed by atoms with Gasteiger partial charge < -0.3 is 10.1 Å². The normalized spacial score (nSPS) is 20.1. The third kappa shape index (κ3) is 2.44. The zero-order valence-electron chi connectivity index (χ0n) is 9.18.